The highest BCUT2D eigenvalue weighted by Crippen LogP contribution is 2.40. The Kier molecular flexibility index (Phi) is 6.08. The number of aliphatic hydroxyl groups is 1. The van der Waals surface area contributed by atoms with Gasteiger partial charge in [0.1, 0.15) is 0 Å². The van der Waals surface area contributed by atoms with Gasteiger partial charge in [-0.2, -0.15) is 0 Å². The van der Waals surface area contributed by atoms with E-state index >= 15 is 0 Å². The third kappa shape index (κ3) is 5.06. The fourth-order valence-electron chi connectivity index (χ4n) is 2.56. The van der Waals surface area contributed by atoms with Crippen LogP contribution >= 0.6 is 0 Å². The summed E-state index contributed by atoms with van der Waals surface area (Å²) < 4.78 is 0. The predicted molar refractivity (Wildman–Crippen MR) is 70.9 cm³/mol. The first-order chi connectivity index (χ1) is 8.99. The zero-order chi connectivity index (χ0) is 14.3. The number of nitrogens with one attached hydrogen (secondary N) is 2. The second kappa shape index (κ2) is 7.33. The third-order valence-corrected chi connectivity index (χ3v) is 4.03. The topological polar surface area (TPSA) is 98.7 Å². The van der Waals surface area contributed by atoms with Crippen molar-refractivity contribution in [2.24, 2.45) is 5.41 Å². The lowest BCUT2D eigenvalue weighted by molar-refractivity contribution is -0.146. The number of hydrogen-bond acceptors (Lipinski definition) is 3. The van der Waals surface area contributed by atoms with Crippen LogP contribution in [0.1, 0.15) is 45.4 Å². The molecule has 6 heteroatoms. The van der Waals surface area contributed by atoms with Crippen LogP contribution in [0.5, 0.6) is 0 Å². The van der Waals surface area contributed by atoms with E-state index in [0.29, 0.717) is 6.54 Å². The number of amides is 2. The molecular formula is C13H24N2O4. The van der Waals surface area contributed by atoms with Crippen LogP contribution in [-0.2, 0) is 4.79 Å². The predicted octanol–water partition coefficient (Wildman–Crippen LogP) is 1.09. The number of hydrogen-bond donors (Lipinski definition) is 4. The van der Waals surface area contributed by atoms with Crippen molar-refractivity contribution in [2.45, 2.75) is 51.6 Å². The number of carboxylic acids is 1. The fourth-order valence-corrected chi connectivity index (χ4v) is 2.56. The molecule has 0 aliphatic heterocycles. The molecule has 6 nitrogen and oxygen atoms in total. The summed E-state index contributed by atoms with van der Waals surface area (Å²) in [5.41, 5.74) is 0.234. The molecule has 0 radical (unpaired) electrons. The molecule has 0 unspecified atom stereocenters. The molecule has 0 aromatic carbocycles. The maximum atomic E-state index is 11.6. The van der Waals surface area contributed by atoms with Gasteiger partial charge in [0.05, 0.1) is 0 Å². The number of carbonyl (C=O) groups excluding carboxylic acids is 1. The molecule has 2 amide bonds. The first-order valence-corrected chi connectivity index (χ1v) is 6.92. The zero-order valence-corrected chi connectivity index (χ0v) is 11.4. The second-order valence-electron chi connectivity index (χ2n) is 5.31. The SMILES string of the molecule is CCC1(CNC(=O)NCC[C@H](O)C(=O)O)CCCC1. The molecule has 1 saturated carbocycles. The van der Waals surface area contributed by atoms with Gasteiger partial charge in [-0.05, 0) is 24.7 Å². The average Bonchev–Trinajstić information content (AvgIpc) is 2.85. The maximum absolute atomic E-state index is 11.6. The molecule has 0 aromatic heterocycles. The summed E-state index contributed by atoms with van der Waals surface area (Å²) >= 11 is 0. The van der Waals surface area contributed by atoms with Crippen LogP contribution in [0.3, 0.4) is 0 Å². The molecule has 4 N–H and O–H groups in total. The molecule has 0 aromatic rings. The van der Waals surface area contributed by atoms with E-state index < -0.39 is 12.1 Å². The minimum absolute atomic E-state index is 0.0155. The van der Waals surface area contributed by atoms with Crippen LogP contribution < -0.4 is 10.6 Å². The van der Waals surface area contributed by atoms with Crippen molar-refractivity contribution in [3.05, 3.63) is 0 Å². The van der Waals surface area contributed by atoms with Crippen LogP contribution in [0, 0.1) is 5.41 Å². The van der Waals surface area contributed by atoms with E-state index in [0.717, 1.165) is 19.3 Å². The van der Waals surface area contributed by atoms with Crippen LogP contribution in [0.25, 0.3) is 0 Å². The van der Waals surface area contributed by atoms with Gasteiger partial charge in [-0.15, -0.1) is 0 Å². The van der Waals surface area contributed by atoms with Gasteiger partial charge in [0.15, 0.2) is 6.10 Å². The smallest absolute Gasteiger partial charge is 0.332 e. The van der Waals surface area contributed by atoms with Gasteiger partial charge >= 0.3 is 12.0 Å². The number of carbonyl (C=O) groups is 2. The van der Waals surface area contributed by atoms with Gasteiger partial charge in [-0.25, -0.2) is 9.59 Å². The molecule has 1 atom stereocenters. The largest absolute Gasteiger partial charge is 0.479 e. The lowest BCUT2D eigenvalue weighted by atomic mass is 9.83. The van der Waals surface area contributed by atoms with Crippen LogP contribution in [-0.4, -0.2) is 41.4 Å². The van der Waals surface area contributed by atoms with Crippen LogP contribution in [0.4, 0.5) is 4.79 Å². The van der Waals surface area contributed by atoms with E-state index in [2.05, 4.69) is 17.6 Å². The highest BCUT2D eigenvalue weighted by molar-refractivity contribution is 5.74. The lowest BCUT2D eigenvalue weighted by Gasteiger charge is -2.27. The van der Waals surface area contributed by atoms with E-state index in [4.69, 9.17) is 10.2 Å². The third-order valence-electron chi connectivity index (χ3n) is 4.03. The summed E-state index contributed by atoms with van der Waals surface area (Å²) in [5.74, 6) is -1.27. The van der Waals surface area contributed by atoms with Crippen molar-refractivity contribution in [1.29, 1.82) is 0 Å². The Balaban J connectivity index is 2.19. The normalized spacial score (nSPS) is 18.8. The monoisotopic (exact) mass is 272 g/mol. The fraction of sp³-hybridized carbons (Fsp3) is 0.846. The van der Waals surface area contributed by atoms with E-state index in [-0.39, 0.29) is 24.4 Å². The summed E-state index contributed by atoms with van der Waals surface area (Å²) in [5, 5.41) is 22.9. The first kappa shape index (κ1) is 15.8. The molecule has 0 spiro atoms. The minimum atomic E-state index is -1.42. The molecule has 0 heterocycles. The van der Waals surface area contributed by atoms with Crippen molar-refractivity contribution in [2.75, 3.05) is 13.1 Å². The van der Waals surface area contributed by atoms with Crippen LogP contribution in [0.2, 0.25) is 0 Å². The van der Waals surface area contributed by atoms with E-state index in [1.165, 1.54) is 12.8 Å². The molecule has 0 bridgehead atoms. The number of aliphatic hydroxyl groups excluding tert-OH is 1. The Morgan fingerprint density at radius 3 is 2.42 bits per heavy atom. The summed E-state index contributed by atoms with van der Waals surface area (Å²) in [6, 6.07) is -0.294. The van der Waals surface area contributed by atoms with Crippen molar-refractivity contribution in [1.82, 2.24) is 10.6 Å². The highest BCUT2D eigenvalue weighted by atomic mass is 16.4. The Hall–Kier alpha value is -1.30. The summed E-state index contributed by atoms with van der Waals surface area (Å²) in [6.07, 6.45) is 4.41. The Bertz CT molecular complexity index is 314. The summed E-state index contributed by atoms with van der Waals surface area (Å²) in [7, 11) is 0. The molecule has 1 rings (SSSR count). The molecule has 1 fully saturated rings. The maximum Gasteiger partial charge on any atom is 0.332 e. The quantitative estimate of drug-likeness (QED) is 0.557. The van der Waals surface area contributed by atoms with E-state index in [9.17, 15) is 9.59 Å². The Labute approximate surface area is 113 Å². The number of urea groups is 1. The van der Waals surface area contributed by atoms with Crippen molar-refractivity contribution >= 4 is 12.0 Å². The summed E-state index contributed by atoms with van der Waals surface area (Å²) in [4.78, 5) is 21.9. The van der Waals surface area contributed by atoms with E-state index in [1.54, 1.807) is 0 Å². The minimum Gasteiger partial charge on any atom is -0.479 e. The molecule has 1 aliphatic carbocycles. The van der Waals surface area contributed by atoms with Gasteiger partial charge in [-0.3, -0.25) is 0 Å². The van der Waals surface area contributed by atoms with Crippen molar-refractivity contribution < 1.29 is 19.8 Å². The van der Waals surface area contributed by atoms with Gasteiger partial charge in [0.25, 0.3) is 0 Å². The van der Waals surface area contributed by atoms with Gasteiger partial charge in [-0.1, -0.05) is 19.8 Å². The van der Waals surface area contributed by atoms with Crippen LogP contribution in [0.15, 0.2) is 0 Å². The van der Waals surface area contributed by atoms with E-state index in [1.807, 2.05) is 0 Å². The first-order valence-electron chi connectivity index (χ1n) is 6.92. The second-order valence-corrected chi connectivity index (χ2v) is 5.31. The standard InChI is InChI=1S/C13H24N2O4/c1-2-13(6-3-4-7-13)9-15-12(19)14-8-5-10(16)11(17)18/h10,16H,2-9H2,1H3,(H,17,18)(H2,14,15,19)/t10-/m0/s1. The van der Waals surface area contributed by atoms with Gasteiger partial charge < -0.3 is 20.8 Å². The molecule has 1 aliphatic rings. The lowest BCUT2D eigenvalue weighted by Crippen LogP contribution is -2.42. The van der Waals surface area contributed by atoms with Crippen molar-refractivity contribution in [3.63, 3.8) is 0 Å². The average molecular weight is 272 g/mol. The van der Waals surface area contributed by atoms with Crippen molar-refractivity contribution in [3.8, 4) is 0 Å². The Morgan fingerprint density at radius 2 is 1.89 bits per heavy atom. The Morgan fingerprint density at radius 1 is 1.26 bits per heavy atom. The van der Waals surface area contributed by atoms with Gasteiger partial charge in [0, 0.05) is 19.5 Å². The number of carboxylic acid groups (broad SMARTS) is 1. The molecule has 110 valence electrons. The molecule has 0 saturated heterocycles. The zero-order valence-electron chi connectivity index (χ0n) is 11.4. The summed E-state index contributed by atoms with van der Waals surface area (Å²) in [6.45, 7) is 2.96. The number of aliphatic carboxylic acids is 1. The highest BCUT2D eigenvalue weighted by Gasteiger charge is 2.32. The number of rotatable bonds is 7. The van der Waals surface area contributed by atoms with Gasteiger partial charge in [0.2, 0.25) is 0 Å². The molecular weight excluding hydrogens is 248 g/mol. The molecule has 19 heavy (non-hydrogen) atoms.